The van der Waals surface area contributed by atoms with Crippen LogP contribution in [0.3, 0.4) is 0 Å². The van der Waals surface area contributed by atoms with Gasteiger partial charge in [0.1, 0.15) is 29.0 Å². The molecule has 0 aliphatic rings. The molecule has 0 saturated heterocycles. The summed E-state index contributed by atoms with van der Waals surface area (Å²) in [5.74, 6) is 0.991. The fourth-order valence-electron chi connectivity index (χ4n) is 3.27. The van der Waals surface area contributed by atoms with E-state index in [1.54, 1.807) is 49.6 Å². The van der Waals surface area contributed by atoms with Gasteiger partial charge < -0.3 is 14.8 Å². The van der Waals surface area contributed by atoms with E-state index in [-0.39, 0.29) is 27.5 Å². The molecule has 0 fully saturated rings. The van der Waals surface area contributed by atoms with Gasteiger partial charge in [0.15, 0.2) is 0 Å². The number of aryl methyl sites for hydroxylation is 1. The minimum Gasteiger partial charge on any atom is -0.497 e. The van der Waals surface area contributed by atoms with Crippen LogP contribution in [0.4, 0.5) is 11.4 Å². The number of carbonyl (C=O) groups is 1. The van der Waals surface area contributed by atoms with Crippen LogP contribution in [0.25, 0.3) is 0 Å². The molecule has 0 saturated carbocycles. The van der Waals surface area contributed by atoms with Gasteiger partial charge in [-0.25, -0.2) is 13.4 Å². The zero-order valence-corrected chi connectivity index (χ0v) is 20.7. The Morgan fingerprint density at radius 2 is 1.57 bits per heavy atom. The first-order chi connectivity index (χ1) is 17.8. The lowest BCUT2D eigenvalue weighted by Gasteiger charge is -2.16. The Kier molecular flexibility index (Phi) is 7.36. The first-order valence-electron chi connectivity index (χ1n) is 11.0. The van der Waals surface area contributed by atoms with Crippen LogP contribution in [0, 0.1) is 18.3 Å². The van der Waals surface area contributed by atoms with Gasteiger partial charge in [0.05, 0.1) is 28.9 Å². The fraction of sp³-hybridized carbons (Fsp3) is 0.0741. The Morgan fingerprint density at radius 1 is 0.892 bits per heavy atom. The molecule has 1 heterocycles. The third kappa shape index (κ3) is 6.22. The van der Waals surface area contributed by atoms with Gasteiger partial charge in [-0.15, -0.1) is 0 Å². The van der Waals surface area contributed by atoms with Crippen LogP contribution in [0.15, 0.2) is 90.0 Å². The monoisotopic (exact) mass is 514 g/mol. The van der Waals surface area contributed by atoms with E-state index < -0.39 is 15.9 Å². The highest BCUT2D eigenvalue weighted by Crippen LogP contribution is 2.32. The summed E-state index contributed by atoms with van der Waals surface area (Å²) in [4.78, 5) is 16.9. The van der Waals surface area contributed by atoms with E-state index in [0.29, 0.717) is 17.2 Å². The van der Waals surface area contributed by atoms with Crippen LogP contribution >= 0.6 is 0 Å². The number of ether oxygens (including phenoxy) is 2. The molecule has 0 aliphatic carbocycles. The van der Waals surface area contributed by atoms with E-state index in [0.717, 1.165) is 5.56 Å². The average Bonchev–Trinajstić information content (AvgIpc) is 2.91. The van der Waals surface area contributed by atoms with Gasteiger partial charge in [0.25, 0.3) is 15.9 Å². The summed E-state index contributed by atoms with van der Waals surface area (Å²) < 4.78 is 39.6. The molecule has 0 radical (unpaired) electrons. The van der Waals surface area contributed by atoms with Crippen molar-refractivity contribution in [1.29, 1.82) is 5.26 Å². The number of anilines is 2. The van der Waals surface area contributed by atoms with Gasteiger partial charge in [0, 0.05) is 12.3 Å². The minimum atomic E-state index is -3.95. The molecule has 1 amide bonds. The zero-order valence-electron chi connectivity index (χ0n) is 19.9. The van der Waals surface area contributed by atoms with Crippen LogP contribution in [0.2, 0.25) is 0 Å². The number of sulfonamides is 1. The first-order valence-corrected chi connectivity index (χ1v) is 12.5. The molecule has 0 bridgehead atoms. The van der Waals surface area contributed by atoms with Crippen molar-refractivity contribution in [2.75, 3.05) is 17.1 Å². The number of aromatic nitrogens is 1. The normalized spacial score (nSPS) is 10.7. The van der Waals surface area contributed by atoms with Crippen molar-refractivity contribution in [3.63, 3.8) is 0 Å². The second-order valence-corrected chi connectivity index (χ2v) is 9.58. The summed E-state index contributed by atoms with van der Waals surface area (Å²) in [6, 6.07) is 22.6. The van der Waals surface area contributed by atoms with Crippen LogP contribution in [0.5, 0.6) is 17.2 Å². The Balaban J connectivity index is 1.66. The van der Waals surface area contributed by atoms with E-state index in [1.807, 2.05) is 13.0 Å². The van der Waals surface area contributed by atoms with E-state index in [1.165, 1.54) is 42.6 Å². The molecule has 3 aromatic carbocycles. The number of pyridine rings is 1. The van der Waals surface area contributed by atoms with E-state index >= 15 is 0 Å². The standard InChI is InChI=1S/C27H22N4O5S/c1-18-3-12-24(13-4-18)37(33,34)31-25-14-11-23(36-22-9-7-21(35-2)8-10-22)15-26(25)30-27(32)19-5-6-20(16-28)29-17-19/h3-15,17,31H,1-2H3,(H,30,32). The van der Waals surface area contributed by atoms with Crippen molar-refractivity contribution in [3.05, 3.63) is 102 Å². The molecule has 2 N–H and O–H groups in total. The lowest BCUT2D eigenvalue weighted by molar-refractivity contribution is 0.102. The number of nitrogens with zero attached hydrogens (tertiary/aromatic N) is 2. The lowest BCUT2D eigenvalue weighted by atomic mass is 10.2. The van der Waals surface area contributed by atoms with Crippen molar-refractivity contribution in [2.45, 2.75) is 11.8 Å². The second kappa shape index (κ2) is 10.8. The molecular weight excluding hydrogens is 492 g/mol. The smallest absolute Gasteiger partial charge is 0.261 e. The number of methoxy groups -OCH3 is 1. The quantitative estimate of drug-likeness (QED) is 0.334. The lowest BCUT2D eigenvalue weighted by Crippen LogP contribution is -2.17. The highest BCUT2D eigenvalue weighted by atomic mass is 32.2. The third-order valence-electron chi connectivity index (χ3n) is 5.25. The second-order valence-electron chi connectivity index (χ2n) is 7.90. The minimum absolute atomic E-state index is 0.0743. The Hall–Kier alpha value is -4.88. The van der Waals surface area contributed by atoms with Crippen LogP contribution < -0.4 is 19.5 Å². The molecule has 37 heavy (non-hydrogen) atoms. The molecular formula is C27H22N4O5S. The van der Waals surface area contributed by atoms with Crippen molar-refractivity contribution < 1.29 is 22.7 Å². The molecule has 0 atom stereocenters. The molecule has 1 aromatic heterocycles. The molecule has 186 valence electrons. The average molecular weight is 515 g/mol. The number of hydrogen-bond acceptors (Lipinski definition) is 7. The Bertz CT molecular complexity index is 1560. The third-order valence-corrected chi connectivity index (χ3v) is 6.63. The Labute approximate surface area is 214 Å². The molecule has 4 aromatic rings. The maximum absolute atomic E-state index is 13.0. The Morgan fingerprint density at radius 3 is 2.19 bits per heavy atom. The number of amides is 1. The van der Waals surface area contributed by atoms with E-state index in [2.05, 4.69) is 15.0 Å². The highest BCUT2D eigenvalue weighted by molar-refractivity contribution is 7.92. The van der Waals surface area contributed by atoms with Crippen molar-refractivity contribution in [2.24, 2.45) is 0 Å². The van der Waals surface area contributed by atoms with Gasteiger partial charge in [-0.2, -0.15) is 5.26 Å². The highest BCUT2D eigenvalue weighted by Gasteiger charge is 2.18. The van der Waals surface area contributed by atoms with Gasteiger partial charge in [-0.1, -0.05) is 17.7 Å². The summed E-state index contributed by atoms with van der Waals surface area (Å²) in [5.41, 5.74) is 1.57. The van der Waals surface area contributed by atoms with Crippen LogP contribution in [-0.4, -0.2) is 26.4 Å². The summed E-state index contributed by atoms with van der Waals surface area (Å²) >= 11 is 0. The van der Waals surface area contributed by atoms with E-state index in [9.17, 15) is 13.2 Å². The summed E-state index contributed by atoms with van der Waals surface area (Å²) in [6.45, 7) is 1.86. The number of benzene rings is 3. The SMILES string of the molecule is COc1ccc(Oc2ccc(NS(=O)(=O)c3ccc(C)cc3)c(NC(=O)c3ccc(C#N)nc3)c2)cc1. The van der Waals surface area contributed by atoms with Gasteiger partial charge >= 0.3 is 0 Å². The zero-order chi connectivity index (χ0) is 26.4. The molecule has 0 aliphatic heterocycles. The largest absolute Gasteiger partial charge is 0.497 e. The molecule has 9 nitrogen and oxygen atoms in total. The number of hydrogen-bond donors (Lipinski definition) is 2. The molecule has 0 spiro atoms. The topological polar surface area (TPSA) is 130 Å². The summed E-state index contributed by atoms with van der Waals surface area (Å²) in [5, 5.41) is 11.6. The van der Waals surface area contributed by atoms with Crippen LogP contribution in [-0.2, 0) is 10.0 Å². The van der Waals surface area contributed by atoms with Gasteiger partial charge in [-0.3, -0.25) is 9.52 Å². The van der Waals surface area contributed by atoms with Crippen LogP contribution in [0.1, 0.15) is 21.6 Å². The van der Waals surface area contributed by atoms with Gasteiger partial charge in [0.2, 0.25) is 0 Å². The number of nitrogens with one attached hydrogen (secondary N) is 2. The summed E-state index contributed by atoms with van der Waals surface area (Å²) in [7, 11) is -2.39. The predicted molar refractivity (Wildman–Crippen MR) is 138 cm³/mol. The maximum Gasteiger partial charge on any atom is 0.261 e. The van der Waals surface area contributed by atoms with Gasteiger partial charge in [-0.05, 0) is 67.6 Å². The summed E-state index contributed by atoms with van der Waals surface area (Å²) in [6.07, 6.45) is 1.27. The predicted octanol–water partition coefficient (Wildman–Crippen LogP) is 5.12. The molecule has 4 rings (SSSR count). The first kappa shape index (κ1) is 25.2. The number of rotatable bonds is 8. The maximum atomic E-state index is 13.0. The number of carbonyl (C=O) groups excluding carboxylic acids is 1. The fourth-order valence-corrected chi connectivity index (χ4v) is 4.35. The van der Waals surface area contributed by atoms with Crippen molar-refractivity contribution in [1.82, 2.24) is 4.98 Å². The van der Waals surface area contributed by atoms with Crippen molar-refractivity contribution >= 4 is 27.3 Å². The van der Waals surface area contributed by atoms with E-state index in [4.69, 9.17) is 14.7 Å². The van der Waals surface area contributed by atoms with Crippen molar-refractivity contribution in [3.8, 4) is 23.3 Å². The number of nitriles is 1. The molecule has 10 heteroatoms. The molecule has 0 unspecified atom stereocenters.